The number of rotatable bonds is 5. The van der Waals surface area contributed by atoms with Crippen molar-refractivity contribution in [1.82, 2.24) is 35.0 Å². The molecule has 1 amide bonds. The standard InChI is InChI=1S/C22H23BrN8O2/c1-22(20(33)24-2)4-3-13(9-22)28-21-27-10-15-18(23)30-31(19(15)29-21)14-7-12(11-32)17-16(8-14)25-5-6-26-17/h5-8,10,13,32H,3-4,9,11H2,1-2H3,(H,24,33)(H,27,28,29)/t13-,22-/m1/s1. The Morgan fingerprint density at radius 2 is 2.12 bits per heavy atom. The third-order valence-corrected chi connectivity index (χ3v) is 6.87. The van der Waals surface area contributed by atoms with Gasteiger partial charge in [0, 0.05) is 42.7 Å². The molecule has 0 unspecified atom stereocenters. The summed E-state index contributed by atoms with van der Waals surface area (Å²) < 4.78 is 2.31. The molecule has 170 valence electrons. The van der Waals surface area contributed by atoms with Crippen LogP contribution in [0.3, 0.4) is 0 Å². The molecule has 1 aliphatic rings. The summed E-state index contributed by atoms with van der Waals surface area (Å²) in [5.41, 5.74) is 2.89. The van der Waals surface area contributed by atoms with E-state index in [0.29, 0.717) is 44.9 Å². The molecule has 11 heteroatoms. The summed E-state index contributed by atoms with van der Waals surface area (Å²) in [6, 6.07) is 3.79. The second kappa shape index (κ2) is 8.31. The van der Waals surface area contributed by atoms with Gasteiger partial charge in [-0.2, -0.15) is 10.1 Å². The molecule has 3 heterocycles. The van der Waals surface area contributed by atoms with Gasteiger partial charge in [0.1, 0.15) is 4.60 Å². The molecular weight excluding hydrogens is 488 g/mol. The van der Waals surface area contributed by atoms with Gasteiger partial charge in [0.25, 0.3) is 0 Å². The molecule has 1 fully saturated rings. The van der Waals surface area contributed by atoms with Crippen LogP contribution in [0.25, 0.3) is 27.8 Å². The van der Waals surface area contributed by atoms with E-state index in [4.69, 9.17) is 4.98 Å². The van der Waals surface area contributed by atoms with Gasteiger partial charge in [-0.05, 0) is 47.3 Å². The maximum atomic E-state index is 12.2. The maximum Gasteiger partial charge on any atom is 0.225 e. The van der Waals surface area contributed by atoms with Crippen molar-refractivity contribution in [2.24, 2.45) is 5.41 Å². The normalized spacial score (nSPS) is 20.4. The zero-order valence-corrected chi connectivity index (χ0v) is 19.8. The van der Waals surface area contributed by atoms with Crippen LogP contribution in [0.4, 0.5) is 5.95 Å². The number of anilines is 1. The van der Waals surface area contributed by atoms with Crippen molar-refractivity contribution in [1.29, 1.82) is 0 Å². The molecule has 0 aliphatic heterocycles. The van der Waals surface area contributed by atoms with Crippen LogP contribution in [-0.4, -0.2) is 53.8 Å². The Morgan fingerprint density at radius 3 is 2.91 bits per heavy atom. The second-order valence-corrected chi connectivity index (χ2v) is 9.30. The number of hydrogen-bond acceptors (Lipinski definition) is 8. The van der Waals surface area contributed by atoms with Crippen molar-refractivity contribution >= 4 is 49.9 Å². The molecule has 5 rings (SSSR count). The van der Waals surface area contributed by atoms with E-state index in [1.165, 1.54) is 0 Å². The van der Waals surface area contributed by atoms with Crippen molar-refractivity contribution in [3.05, 3.63) is 40.9 Å². The van der Waals surface area contributed by atoms with Crippen molar-refractivity contribution in [2.45, 2.75) is 38.8 Å². The smallest absolute Gasteiger partial charge is 0.225 e. The summed E-state index contributed by atoms with van der Waals surface area (Å²) in [6.07, 6.45) is 7.31. The Hall–Kier alpha value is -3.18. The average molecular weight is 511 g/mol. The fraction of sp³-hybridized carbons (Fsp3) is 0.364. The molecule has 2 atom stereocenters. The van der Waals surface area contributed by atoms with Gasteiger partial charge in [0.05, 0.1) is 28.7 Å². The number of benzene rings is 1. The van der Waals surface area contributed by atoms with Gasteiger partial charge in [0.2, 0.25) is 11.9 Å². The number of aliphatic hydroxyl groups is 1. The van der Waals surface area contributed by atoms with Crippen LogP contribution in [0.1, 0.15) is 31.7 Å². The lowest BCUT2D eigenvalue weighted by molar-refractivity contribution is -0.129. The van der Waals surface area contributed by atoms with Crippen LogP contribution in [0.5, 0.6) is 0 Å². The highest BCUT2D eigenvalue weighted by Crippen LogP contribution is 2.39. The minimum absolute atomic E-state index is 0.0595. The summed E-state index contributed by atoms with van der Waals surface area (Å²) in [6.45, 7) is 1.82. The molecule has 1 aromatic carbocycles. The third-order valence-electron chi connectivity index (χ3n) is 6.28. The highest BCUT2D eigenvalue weighted by atomic mass is 79.9. The Bertz CT molecular complexity index is 1370. The molecule has 3 aromatic heterocycles. The van der Waals surface area contributed by atoms with Crippen molar-refractivity contribution in [3.63, 3.8) is 0 Å². The summed E-state index contributed by atoms with van der Waals surface area (Å²) in [4.78, 5) is 30.2. The average Bonchev–Trinajstić information content (AvgIpc) is 3.37. The van der Waals surface area contributed by atoms with Gasteiger partial charge in [0.15, 0.2) is 5.65 Å². The van der Waals surface area contributed by atoms with Crippen LogP contribution in [0.15, 0.2) is 35.3 Å². The molecule has 4 aromatic rings. The number of carbonyl (C=O) groups excluding carboxylic acids is 1. The lowest BCUT2D eigenvalue weighted by atomic mass is 9.87. The fourth-order valence-corrected chi connectivity index (χ4v) is 4.98. The molecule has 1 saturated carbocycles. The van der Waals surface area contributed by atoms with Crippen LogP contribution < -0.4 is 10.6 Å². The molecule has 0 spiro atoms. The van der Waals surface area contributed by atoms with Gasteiger partial charge < -0.3 is 15.7 Å². The van der Waals surface area contributed by atoms with E-state index in [1.54, 1.807) is 30.3 Å². The lowest BCUT2D eigenvalue weighted by Gasteiger charge is -2.22. The van der Waals surface area contributed by atoms with Gasteiger partial charge in [-0.1, -0.05) is 6.92 Å². The molecular formula is C22H23BrN8O2. The van der Waals surface area contributed by atoms with Crippen molar-refractivity contribution in [3.8, 4) is 5.69 Å². The first kappa shape index (κ1) is 21.7. The first-order valence-electron chi connectivity index (χ1n) is 10.7. The predicted molar refractivity (Wildman–Crippen MR) is 127 cm³/mol. The van der Waals surface area contributed by atoms with Crippen LogP contribution in [0, 0.1) is 5.41 Å². The van der Waals surface area contributed by atoms with E-state index in [1.807, 2.05) is 19.1 Å². The molecule has 3 N–H and O–H groups in total. The monoisotopic (exact) mass is 510 g/mol. The van der Waals surface area contributed by atoms with Crippen LogP contribution >= 0.6 is 15.9 Å². The lowest BCUT2D eigenvalue weighted by Crippen LogP contribution is -2.35. The van der Waals surface area contributed by atoms with E-state index < -0.39 is 5.41 Å². The quantitative estimate of drug-likeness (QED) is 0.373. The number of aliphatic hydroxyl groups excluding tert-OH is 1. The number of nitrogens with zero attached hydrogens (tertiary/aromatic N) is 6. The maximum absolute atomic E-state index is 12.2. The van der Waals surface area contributed by atoms with E-state index in [-0.39, 0.29) is 18.6 Å². The minimum atomic E-state index is -0.395. The second-order valence-electron chi connectivity index (χ2n) is 8.54. The molecule has 0 bridgehead atoms. The van der Waals surface area contributed by atoms with Gasteiger partial charge in [-0.15, -0.1) is 0 Å². The Labute approximate surface area is 198 Å². The largest absolute Gasteiger partial charge is 0.392 e. The SMILES string of the molecule is CNC(=O)[C@]1(C)CC[C@@H](Nc2ncc3c(Br)nn(-c4cc(CO)c5nccnc5c4)c3n2)C1. The number of hydrogen-bond donors (Lipinski definition) is 3. The highest BCUT2D eigenvalue weighted by molar-refractivity contribution is 9.10. The first-order chi connectivity index (χ1) is 15.9. The van der Waals surface area contributed by atoms with Gasteiger partial charge in [-0.3, -0.25) is 14.8 Å². The Balaban J connectivity index is 1.51. The van der Waals surface area contributed by atoms with Crippen LogP contribution in [-0.2, 0) is 11.4 Å². The number of aromatic nitrogens is 6. The van der Waals surface area contributed by atoms with E-state index in [2.05, 4.69) is 46.6 Å². The topological polar surface area (TPSA) is 131 Å². The Morgan fingerprint density at radius 1 is 1.30 bits per heavy atom. The van der Waals surface area contributed by atoms with Gasteiger partial charge >= 0.3 is 0 Å². The van der Waals surface area contributed by atoms with E-state index in [0.717, 1.165) is 18.2 Å². The molecule has 0 radical (unpaired) electrons. The minimum Gasteiger partial charge on any atom is -0.392 e. The number of nitrogens with one attached hydrogen (secondary N) is 2. The number of carbonyl (C=O) groups is 1. The summed E-state index contributed by atoms with van der Waals surface area (Å²) in [5.74, 6) is 0.537. The molecule has 0 saturated heterocycles. The molecule has 33 heavy (non-hydrogen) atoms. The zero-order valence-electron chi connectivity index (χ0n) is 18.2. The number of halogens is 1. The number of amides is 1. The number of fused-ring (bicyclic) bond motifs is 2. The van der Waals surface area contributed by atoms with E-state index >= 15 is 0 Å². The Kier molecular flexibility index (Phi) is 5.45. The summed E-state index contributed by atoms with van der Waals surface area (Å²) in [7, 11) is 1.67. The predicted octanol–water partition coefficient (Wildman–Crippen LogP) is 2.73. The van der Waals surface area contributed by atoms with E-state index in [9.17, 15) is 9.90 Å². The summed E-state index contributed by atoms with van der Waals surface area (Å²) in [5, 5.41) is 21.4. The van der Waals surface area contributed by atoms with Crippen LogP contribution in [0.2, 0.25) is 0 Å². The highest BCUT2D eigenvalue weighted by Gasteiger charge is 2.40. The molecule has 1 aliphatic carbocycles. The summed E-state index contributed by atoms with van der Waals surface area (Å²) >= 11 is 3.50. The fourth-order valence-electron chi connectivity index (χ4n) is 4.55. The van der Waals surface area contributed by atoms with Gasteiger partial charge in [-0.25, -0.2) is 9.67 Å². The van der Waals surface area contributed by atoms with Crippen molar-refractivity contribution < 1.29 is 9.90 Å². The van der Waals surface area contributed by atoms with Crippen molar-refractivity contribution in [2.75, 3.05) is 12.4 Å². The first-order valence-corrected chi connectivity index (χ1v) is 11.5. The zero-order chi connectivity index (χ0) is 23.2. The third kappa shape index (κ3) is 3.80. The molecule has 10 nitrogen and oxygen atoms in total.